The van der Waals surface area contributed by atoms with Crippen LogP contribution in [0.1, 0.15) is 16.1 Å². The van der Waals surface area contributed by atoms with E-state index in [2.05, 4.69) is 10.3 Å². The molecule has 1 N–H and O–H groups in total. The highest BCUT2D eigenvalue weighted by atomic mass is 16.6. The molecule has 0 aliphatic rings. The quantitative estimate of drug-likeness (QED) is 0.590. The van der Waals surface area contributed by atoms with Gasteiger partial charge in [-0.25, -0.2) is 4.98 Å². The summed E-state index contributed by atoms with van der Waals surface area (Å²) in [7, 11) is 0. The summed E-state index contributed by atoms with van der Waals surface area (Å²) in [6, 6.07) is 11.3. The first kappa shape index (κ1) is 13.7. The molecule has 7 nitrogen and oxygen atoms in total. The predicted octanol–water partition coefficient (Wildman–Crippen LogP) is 2.17. The van der Waals surface area contributed by atoms with Crippen molar-refractivity contribution < 1.29 is 9.72 Å². The molecule has 0 aliphatic heterocycles. The summed E-state index contributed by atoms with van der Waals surface area (Å²) in [6.45, 7) is 0.253. The van der Waals surface area contributed by atoms with E-state index in [1.54, 1.807) is 0 Å². The fourth-order valence-corrected chi connectivity index (χ4v) is 2.11. The maximum Gasteiger partial charge on any atom is 0.270 e. The van der Waals surface area contributed by atoms with Gasteiger partial charge in [0.15, 0.2) is 0 Å². The lowest BCUT2D eigenvalue weighted by atomic mass is 10.2. The average Bonchev–Trinajstić information content (AvgIpc) is 2.95. The number of hydrogen-bond acceptors (Lipinski definition) is 4. The summed E-state index contributed by atoms with van der Waals surface area (Å²) in [5, 5.41) is 13.4. The Labute approximate surface area is 125 Å². The number of rotatable bonds is 4. The number of non-ortho nitro benzene ring substituents is 1. The molecule has 0 spiro atoms. The zero-order valence-corrected chi connectivity index (χ0v) is 11.5. The van der Waals surface area contributed by atoms with Gasteiger partial charge in [0.2, 0.25) is 0 Å². The first-order valence-corrected chi connectivity index (χ1v) is 6.59. The van der Waals surface area contributed by atoms with Gasteiger partial charge in [0, 0.05) is 30.1 Å². The SMILES string of the molecule is O=C(NCc1cn2ccccc2n1)c1cccc([N+](=O)[O-])c1. The van der Waals surface area contributed by atoms with Crippen LogP contribution in [0.2, 0.25) is 0 Å². The molecule has 110 valence electrons. The molecule has 0 radical (unpaired) electrons. The molecule has 1 amide bonds. The molecular formula is C15H12N4O3. The number of nitrogens with zero attached hydrogens (tertiary/aromatic N) is 3. The molecule has 0 unspecified atom stereocenters. The molecule has 2 heterocycles. The minimum atomic E-state index is -0.529. The maximum absolute atomic E-state index is 12.0. The van der Waals surface area contributed by atoms with Crippen LogP contribution in [0.4, 0.5) is 5.69 Å². The van der Waals surface area contributed by atoms with Crippen LogP contribution in [0.15, 0.2) is 54.9 Å². The Bertz CT molecular complexity index is 824. The maximum atomic E-state index is 12.0. The lowest BCUT2D eigenvalue weighted by molar-refractivity contribution is -0.384. The van der Waals surface area contributed by atoms with Gasteiger partial charge in [-0.3, -0.25) is 14.9 Å². The average molecular weight is 296 g/mol. The van der Waals surface area contributed by atoms with Crippen molar-refractivity contribution in [2.24, 2.45) is 0 Å². The summed E-state index contributed by atoms with van der Waals surface area (Å²) in [5.74, 6) is -0.374. The number of fused-ring (bicyclic) bond motifs is 1. The fraction of sp³-hybridized carbons (Fsp3) is 0.0667. The molecular weight excluding hydrogens is 284 g/mol. The van der Waals surface area contributed by atoms with Crippen molar-refractivity contribution in [3.8, 4) is 0 Å². The Morgan fingerprint density at radius 2 is 2.14 bits per heavy atom. The predicted molar refractivity (Wildman–Crippen MR) is 79.5 cm³/mol. The van der Waals surface area contributed by atoms with E-state index in [9.17, 15) is 14.9 Å². The number of nitrogens with one attached hydrogen (secondary N) is 1. The number of pyridine rings is 1. The van der Waals surface area contributed by atoms with E-state index in [4.69, 9.17) is 0 Å². The number of imidazole rings is 1. The van der Waals surface area contributed by atoms with Crippen molar-refractivity contribution in [2.75, 3.05) is 0 Å². The lowest BCUT2D eigenvalue weighted by Crippen LogP contribution is -2.23. The van der Waals surface area contributed by atoms with E-state index in [-0.39, 0.29) is 23.7 Å². The third-order valence-corrected chi connectivity index (χ3v) is 3.16. The van der Waals surface area contributed by atoms with E-state index < -0.39 is 4.92 Å². The van der Waals surface area contributed by atoms with E-state index in [0.29, 0.717) is 5.69 Å². The second-order valence-corrected chi connectivity index (χ2v) is 4.69. The van der Waals surface area contributed by atoms with E-state index in [1.807, 2.05) is 35.0 Å². The van der Waals surface area contributed by atoms with Crippen LogP contribution in [-0.2, 0) is 6.54 Å². The van der Waals surface area contributed by atoms with E-state index in [1.165, 1.54) is 24.3 Å². The summed E-state index contributed by atoms with van der Waals surface area (Å²) in [4.78, 5) is 26.6. The van der Waals surface area contributed by atoms with Crippen molar-refractivity contribution in [2.45, 2.75) is 6.54 Å². The van der Waals surface area contributed by atoms with E-state index >= 15 is 0 Å². The molecule has 3 aromatic rings. The van der Waals surface area contributed by atoms with Gasteiger partial charge < -0.3 is 9.72 Å². The molecule has 1 aromatic carbocycles. The van der Waals surface area contributed by atoms with Crippen LogP contribution < -0.4 is 5.32 Å². The lowest BCUT2D eigenvalue weighted by Gasteiger charge is -2.03. The number of nitro groups is 1. The zero-order chi connectivity index (χ0) is 15.5. The first-order valence-electron chi connectivity index (χ1n) is 6.59. The summed E-state index contributed by atoms with van der Waals surface area (Å²) in [5.41, 5.74) is 1.64. The topological polar surface area (TPSA) is 89.5 Å². The van der Waals surface area contributed by atoms with Crippen LogP contribution in [-0.4, -0.2) is 20.2 Å². The van der Waals surface area contributed by atoms with Gasteiger partial charge in [-0.1, -0.05) is 12.1 Å². The van der Waals surface area contributed by atoms with Crippen LogP contribution in [0.25, 0.3) is 5.65 Å². The number of amides is 1. The van der Waals surface area contributed by atoms with Gasteiger partial charge in [-0.2, -0.15) is 0 Å². The third kappa shape index (κ3) is 2.78. The number of hydrogen-bond donors (Lipinski definition) is 1. The van der Waals surface area contributed by atoms with Crippen LogP contribution in [0.3, 0.4) is 0 Å². The van der Waals surface area contributed by atoms with Gasteiger partial charge in [0.1, 0.15) is 5.65 Å². The number of carbonyl (C=O) groups excluding carboxylic acids is 1. The highest BCUT2D eigenvalue weighted by Gasteiger charge is 2.11. The Kier molecular flexibility index (Phi) is 3.53. The van der Waals surface area contributed by atoms with Gasteiger partial charge >= 0.3 is 0 Å². The van der Waals surface area contributed by atoms with Crippen LogP contribution in [0, 0.1) is 10.1 Å². The smallest absolute Gasteiger partial charge is 0.270 e. The standard InChI is InChI=1S/C15H12N4O3/c20-15(11-4-3-5-13(8-11)19(21)22)16-9-12-10-18-7-2-1-6-14(18)17-12/h1-8,10H,9H2,(H,16,20). The molecule has 0 aliphatic carbocycles. The van der Waals surface area contributed by atoms with Crippen molar-refractivity contribution in [3.05, 3.63) is 76.2 Å². The molecule has 22 heavy (non-hydrogen) atoms. The third-order valence-electron chi connectivity index (χ3n) is 3.16. The second-order valence-electron chi connectivity index (χ2n) is 4.69. The number of aromatic nitrogens is 2. The number of nitro benzene ring substituents is 1. The highest BCUT2D eigenvalue weighted by molar-refractivity contribution is 5.94. The van der Waals surface area contributed by atoms with E-state index in [0.717, 1.165) is 5.65 Å². The molecule has 0 bridgehead atoms. The zero-order valence-electron chi connectivity index (χ0n) is 11.5. The number of benzene rings is 1. The van der Waals surface area contributed by atoms with Crippen molar-refractivity contribution in [1.82, 2.24) is 14.7 Å². The Morgan fingerprint density at radius 1 is 1.27 bits per heavy atom. The van der Waals surface area contributed by atoms with Crippen LogP contribution >= 0.6 is 0 Å². The first-order chi connectivity index (χ1) is 10.6. The molecule has 0 fully saturated rings. The summed E-state index contributed by atoms with van der Waals surface area (Å²) in [6.07, 6.45) is 3.69. The highest BCUT2D eigenvalue weighted by Crippen LogP contribution is 2.13. The van der Waals surface area contributed by atoms with Crippen molar-refractivity contribution in [1.29, 1.82) is 0 Å². The molecule has 3 rings (SSSR count). The molecule has 2 aromatic heterocycles. The molecule has 0 saturated carbocycles. The van der Waals surface area contributed by atoms with Crippen LogP contribution in [0.5, 0.6) is 0 Å². The van der Waals surface area contributed by atoms with Crippen molar-refractivity contribution >= 4 is 17.2 Å². The Hall–Kier alpha value is -3.22. The van der Waals surface area contributed by atoms with Gasteiger partial charge in [0.25, 0.3) is 11.6 Å². The normalized spacial score (nSPS) is 10.5. The minimum absolute atomic E-state index is 0.111. The largest absolute Gasteiger partial charge is 0.346 e. The van der Waals surface area contributed by atoms with Gasteiger partial charge in [-0.05, 0) is 18.2 Å². The minimum Gasteiger partial charge on any atom is -0.346 e. The second kappa shape index (κ2) is 5.65. The Morgan fingerprint density at radius 3 is 2.91 bits per heavy atom. The summed E-state index contributed by atoms with van der Waals surface area (Å²) < 4.78 is 1.86. The summed E-state index contributed by atoms with van der Waals surface area (Å²) >= 11 is 0. The fourth-order valence-electron chi connectivity index (χ4n) is 2.11. The molecule has 0 saturated heterocycles. The van der Waals surface area contributed by atoms with Gasteiger partial charge in [-0.15, -0.1) is 0 Å². The molecule has 7 heteroatoms. The monoisotopic (exact) mass is 296 g/mol. The number of carbonyl (C=O) groups is 1. The van der Waals surface area contributed by atoms with Crippen molar-refractivity contribution in [3.63, 3.8) is 0 Å². The Balaban J connectivity index is 1.71. The van der Waals surface area contributed by atoms with Gasteiger partial charge in [0.05, 0.1) is 17.2 Å². The molecule has 0 atom stereocenters.